The van der Waals surface area contributed by atoms with Crippen molar-refractivity contribution in [2.45, 2.75) is 33.2 Å². The Morgan fingerprint density at radius 1 is 1.17 bits per heavy atom. The molecule has 3 aromatic rings. The van der Waals surface area contributed by atoms with Crippen LogP contribution >= 0.6 is 34.5 Å². The highest BCUT2D eigenvalue weighted by Gasteiger charge is 2.34. The Morgan fingerprint density at radius 3 is 2.69 bits per heavy atom. The number of carbonyl (C=O) groups excluding carboxylic acids is 2. The van der Waals surface area contributed by atoms with Crippen LogP contribution < -0.4 is 4.74 Å². The molecule has 8 heteroatoms. The Morgan fingerprint density at radius 2 is 1.97 bits per heavy atom. The van der Waals surface area contributed by atoms with Gasteiger partial charge in [-0.1, -0.05) is 43.1 Å². The van der Waals surface area contributed by atoms with Crippen molar-refractivity contribution in [3.05, 3.63) is 85.5 Å². The lowest BCUT2D eigenvalue weighted by Crippen LogP contribution is -2.48. The van der Waals surface area contributed by atoms with Crippen molar-refractivity contribution in [3.63, 3.8) is 0 Å². The van der Waals surface area contributed by atoms with E-state index < -0.39 is 0 Å². The standard InChI is InChI=1S/C28H30Cl2N2O3S/c1-18(2)15-31(28(34)20-5-4-6-21(29)14-20)16-27(33)32-11-9-26-23(10-12-36-26)25(32)17-35-22-7-8-24(30)19(3)13-22/h4-8,10,12-14,18,25H,9,11,15-17H2,1-3H3/t25-/m1/s1. The molecule has 1 atom stereocenters. The maximum absolute atomic E-state index is 13.7. The van der Waals surface area contributed by atoms with Crippen LogP contribution in [0.1, 0.15) is 46.3 Å². The molecule has 0 saturated heterocycles. The summed E-state index contributed by atoms with van der Waals surface area (Å²) in [6, 6.07) is 14.3. The molecular formula is C28H30Cl2N2O3S. The number of hydrogen-bond donors (Lipinski definition) is 0. The van der Waals surface area contributed by atoms with Gasteiger partial charge in [0.2, 0.25) is 5.91 Å². The topological polar surface area (TPSA) is 49.9 Å². The normalized spacial score (nSPS) is 15.1. The fourth-order valence-electron chi connectivity index (χ4n) is 4.47. The Kier molecular flexibility index (Phi) is 8.60. The predicted molar refractivity (Wildman–Crippen MR) is 146 cm³/mol. The molecule has 1 aromatic heterocycles. The first kappa shape index (κ1) is 26.5. The number of hydrogen-bond acceptors (Lipinski definition) is 4. The van der Waals surface area contributed by atoms with Crippen molar-refractivity contribution in [1.82, 2.24) is 9.80 Å². The predicted octanol–water partition coefficient (Wildman–Crippen LogP) is 6.67. The third kappa shape index (κ3) is 6.23. The van der Waals surface area contributed by atoms with Crippen LogP contribution in [-0.2, 0) is 11.2 Å². The molecule has 0 fully saturated rings. The summed E-state index contributed by atoms with van der Waals surface area (Å²) in [5, 5.41) is 3.24. The molecule has 0 unspecified atom stereocenters. The molecule has 0 saturated carbocycles. The molecule has 0 aliphatic carbocycles. The zero-order valence-electron chi connectivity index (χ0n) is 20.7. The molecule has 2 amide bonds. The van der Waals surface area contributed by atoms with Gasteiger partial charge in [-0.3, -0.25) is 9.59 Å². The van der Waals surface area contributed by atoms with Gasteiger partial charge in [-0.25, -0.2) is 0 Å². The number of nitrogens with zero attached hydrogens (tertiary/aromatic N) is 2. The minimum absolute atomic E-state index is 0.000446. The minimum atomic E-state index is -0.231. The summed E-state index contributed by atoms with van der Waals surface area (Å²) in [4.78, 5) is 31.8. The number of aryl methyl sites for hydroxylation is 1. The van der Waals surface area contributed by atoms with E-state index in [4.69, 9.17) is 27.9 Å². The highest BCUT2D eigenvalue weighted by Crippen LogP contribution is 2.34. The SMILES string of the molecule is Cc1cc(OC[C@@H]2c3ccsc3CCN2C(=O)CN(CC(C)C)C(=O)c2cccc(Cl)c2)ccc1Cl. The second-order valence-corrected chi connectivity index (χ2v) is 11.3. The lowest BCUT2D eigenvalue weighted by Gasteiger charge is -2.37. The smallest absolute Gasteiger partial charge is 0.254 e. The number of halogens is 2. The molecule has 0 N–H and O–H groups in total. The zero-order valence-corrected chi connectivity index (χ0v) is 23.0. The molecule has 36 heavy (non-hydrogen) atoms. The summed E-state index contributed by atoms with van der Waals surface area (Å²) in [5.74, 6) is 0.628. The van der Waals surface area contributed by atoms with Gasteiger partial charge in [0.1, 0.15) is 18.9 Å². The van der Waals surface area contributed by atoms with Gasteiger partial charge in [-0.05, 0) is 78.2 Å². The van der Waals surface area contributed by atoms with Crippen molar-refractivity contribution >= 4 is 46.4 Å². The van der Waals surface area contributed by atoms with Gasteiger partial charge < -0.3 is 14.5 Å². The molecule has 0 spiro atoms. The van der Waals surface area contributed by atoms with E-state index in [1.165, 1.54) is 4.88 Å². The summed E-state index contributed by atoms with van der Waals surface area (Å²) in [6.45, 7) is 7.38. The first-order chi connectivity index (χ1) is 17.2. The van der Waals surface area contributed by atoms with Gasteiger partial charge in [-0.2, -0.15) is 0 Å². The molecule has 1 aliphatic heterocycles. The summed E-state index contributed by atoms with van der Waals surface area (Å²) in [6.07, 6.45) is 0.793. The van der Waals surface area contributed by atoms with E-state index in [9.17, 15) is 9.59 Å². The molecule has 5 nitrogen and oxygen atoms in total. The number of thiophene rings is 1. The van der Waals surface area contributed by atoms with Crippen molar-refractivity contribution in [2.75, 3.05) is 26.2 Å². The van der Waals surface area contributed by atoms with E-state index in [2.05, 4.69) is 11.4 Å². The van der Waals surface area contributed by atoms with Crippen molar-refractivity contribution < 1.29 is 14.3 Å². The molecule has 2 aromatic carbocycles. The van der Waals surface area contributed by atoms with E-state index in [0.29, 0.717) is 41.1 Å². The molecule has 1 aliphatic rings. The second kappa shape index (κ2) is 11.7. The monoisotopic (exact) mass is 544 g/mol. The Bertz CT molecular complexity index is 1240. The van der Waals surface area contributed by atoms with Crippen LogP contribution in [0.2, 0.25) is 10.0 Å². The first-order valence-corrected chi connectivity index (χ1v) is 13.7. The summed E-state index contributed by atoms with van der Waals surface area (Å²) in [7, 11) is 0. The summed E-state index contributed by atoms with van der Waals surface area (Å²) in [5.41, 5.74) is 2.53. The minimum Gasteiger partial charge on any atom is -0.491 e. The van der Waals surface area contributed by atoms with Gasteiger partial charge in [0, 0.05) is 33.6 Å². The van der Waals surface area contributed by atoms with Gasteiger partial charge in [-0.15, -0.1) is 11.3 Å². The quantitative estimate of drug-likeness (QED) is 0.318. The number of ether oxygens (including phenoxy) is 1. The van der Waals surface area contributed by atoms with Crippen LogP contribution in [0.4, 0.5) is 0 Å². The zero-order chi connectivity index (χ0) is 25.8. The Balaban J connectivity index is 1.54. The van der Waals surface area contributed by atoms with Crippen LogP contribution in [-0.4, -0.2) is 47.9 Å². The van der Waals surface area contributed by atoms with Crippen molar-refractivity contribution in [3.8, 4) is 5.75 Å². The highest BCUT2D eigenvalue weighted by molar-refractivity contribution is 7.10. The van der Waals surface area contributed by atoms with Gasteiger partial charge >= 0.3 is 0 Å². The van der Waals surface area contributed by atoms with Gasteiger partial charge in [0.25, 0.3) is 5.91 Å². The van der Waals surface area contributed by atoms with Gasteiger partial charge in [0.05, 0.1) is 6.04 Å². The largest absolute Gasteiger partial charge is 0.491 e. The lowest BCUT2D eigenvalue weighted by atomic mass is 10.00. The second-order valence-electron chi connectivity index (χ2n) is 9.46. The number of amides is 2. The van der Waals surface area contributed by atoms with E-state index >= 15 is 0 Å². The third-order valence-corrected chi connectivity index (χ3v) is 7.88. The van der Waals surface area contributed by atoms with Crippen LogP contribution in [0, 0.1) is 12.8 Å². The van der Waals surface area contributed by atoms with E-state index in [1.807, 2.05) is 43.9 Å². The molecule has 4 rings (SSSR count). The summed E-state index contributed by atoms with van der Waals surface area (Å²) < 4.78 is 6.14. The third-order valence-electron chi connectivity index (χ3n) is 6.22. The van der Waals surface area contributed by atoms with Crippen molar-refractivity contribution in [2.24, 2.45) is 5.92 Å². The molecular weight excluding hydrogens is 515 g/mol. The van der Waals surface area contributed by atoms with Crippen LogP contribution in [0.3, 0.4) is 0 Å². The van der Waals surface area contributed by atoms with E-state index in [-0.39, 0.29) is 30.3 Å². The number of carbonyl (C=O) groups is 2. The van der Waals surface area contributed by atoms with Crippen LogP contribution in [0.5, 0.6) is 5.75 Å². The van der Waals surface area contributed by atoms with Gasteiger partial charge in [0.15, 0.2) is 0 Å². The number of benzene rings is 2. The average molecular weight is 546 g/mol. The fraction of sp³-hybridized carbons (Fsp3) is 0.357. The average Bonchev–Trinajstić information content (AvgIpc) is 3.32. The number of rotatable bonds is 8. The van der Waals surface area contributed by atoms with E-state index in [1.54, 1.807) is 40.5 Å². The Labute approximate surface area is 226 Å². The summed E-state index contributed by atoms with van der Waals surface area (Å²) >= 11 is 14.0. The molecule has 190 valence electrons. The maximum atomic E-state index is 13.7. The highest BCUT2D eigenvalue weighted by atomic mass is 35.5. The molecule has 2 heterocycles. The van der Waals surface area contributed by atoms with Crippen LogP contribution in [0.15, 0.2) is 53.9 Å². The maximum Gasteiger partial charge on any atom is 0.254 e. The van der Waals surface area contributed by atoms with E-state index in [0.717, 1.165) is 17.5 Å². The fourth-order valence-corrected chi connectivity index (χ4v) is 5.71. The van der Waals surface area contributed by atoms with Crippen LogP contribution in [0.25, 0.3) is 0 Å². The Hall–Kier alpha value is -2.54. The molecule has 0 bridgehead atoms. The molecule has 0 radical (unpaired) electrons. The number of fused-ring (bicyclic) bond motifs is 1. The first-order valence-electron chi connectivity index (χ1n) is 12.0. The van der Waals surface area contributed by atoms with Crippen molar-refractivity contribution in [1.29, 1.82) is 0 Å². The lowest BCUT2D eigenvalue weighted by molar-refractivity contribution is -0.135.